The van der Waals surface area contributed by atoms with Gasteiger partial charge in [-0.15, -0.1) is 0 Å². The van der Waals surface area contributed by atoms with Crippen molar-refractivity contribution in [3.8, 4) is 0 Å². The molecule has 1 aromatic heterocycles. The van der Waals surface area contributed by atoms with Crippen molar-refractivity contribution in [2.24, 2.45) is 0 Å². The molecule has 2 nitrogen and oxygen atoms in total. The van der Waals surface area contributed by atoms with Gasteiger partial charge in [-0.2, -0.15) is 0 Å². The van der Waals surface area contributed by atoms with Gasteiger partial charge in [0.1, 0.15) is 5.76 Å². The predicted octanol–water partition coefficient (Wildman–Crippen LogP) is 4.57. The van der Waals surface area contributed by atoms with Crippen LogP contribution in [0.4, 0.5) is 5.69 Å². The highest BCUT2D eigenvalue weighted by molar-refractivity contribution is 14.1. The summed E-state index contributed by atoms with van der Waals surface area (Å²) in [5.41, 5.74) is 2.35. The van der Waals surface area contributed by atoms with Gasteiger partial charge < -0.3 is 9.73 Å². The molecule has 1 heterocycles. The SMILES string of the molecule is Cc1ccc(Br)cc1NCc1ccc(I)o1. The largest absolute Gasteiger partial charge is 0.454 e. The average molecular weight is 392 g/mol. The molecule has 84 valence electrons. The van der Waals surface area contributed by atoms with Gasteiger partial charge in [0.15, 0.2) is 3.77 Å². The molecule has 2 aromatic rings. The maximum absolute atomic E-state index is 5.49. The fraction of sp³-hybridized carbons (Fsp3) is 0.167. The molecule has 4 heteroatoms. The lowest BCUT2D eigenvalue weighted by atomic mass is 10.2. The van der Waals surface area contributed by atoms with Crippen LogP contribution in [0.15, 0.2) is 39.2 Å². The van der Waals surface area contributed by atoms with E-state index in [4.69, 9.17) is 4.42 Å². The predicted molar refractivity (Wildman–Crippen MR) is 77.6 cm³/mol. The Hall–Kier alpha value is -0.490. The van der Waals surface area contributed by atoms with E-state index in [2.05, 4.69) is 62.9 Å². The Morgan fingerprint density at radius 2 is 2.12 bits per heavy atom. The molecular formula is C12H11BrINO. The van der Waals surface area contributed by atoms with Crippen LogP contribution in [-0.4, -0.2) is 0 Å². The molecule has 0 bridgehead atoms. The highest BCUT2D eigenvalue weighted by atomic mass is 127. The first-order valence-corrected chi connectivity index (χ1v) is 6.76. The molecule has 0 saturated heterocycles. The van der Waals surface area contributed by atoms with Crippen molar-refractivity contribution in [3.63, 3.8) is 0 Å². The van der Waals surface area contributed by atoms with Crippen molar-refractivity contribution in [3.05, 3.63) is 49.9 Å². The van der Waals surface area contributed by atoms with Crippen LogP contribution >= 0.6 is 38.5 Å². The maximum atomic E-state index is 5.49. The van der Waals surface area contributed by atoms with Gasteiger partial charge >= 0.3 is 0 Å². The Labute approximate surface area is 117 Å². The first-order valence-electron chi connectivity index (χ1n) is 4.89. The molecule has 0 radical (unpaired) electrons. The van der Waals surface area contributed by atoms with Gasteiger partial charge in [-0.25, -0.2) is 0 Å². The van der Waals surface area contributed by atoms with Crippen LogP contribution in [0, 0.1) is 10.7 Å². The lowest BCUT2D eigenvalue weighted by Crippen LogP contribution is -1.99. The molecule has 0 fully saturated rings. The fourth-order valence-electron chi connectivity index (χ4n) is 1.41. The Morgan fingerprint density at radius 3 is 2.81 bits per heavy atom. The van der Waals surface area contributed by atoms with E-state index < -0.39 is 0 Å². The molecule has 0 aliphatic heterocycles. The summed E-state index contributed by atoms with van der Waals surface area (Å²) in [6, 6.07) is 10.1. The van der Waals surface area contributed by atoms with Gasteiger partial charge in [-0.3, -0.25) is 0 Å². The summed E-state index contributed by atoms with van der Waals surface area (Å²) in [6.45, 7) is 2.79. The van der Waals surface area contributed by atoms with Gasteiger partial charge in [0.25, 0.3) is 0 Å². The summed E-state index contributed by atoms with van der Waals surface area (Å²) in [4.78, 5) is 0. The third-order valence-corrected chi connectivity index (χ3v) is 3.35. The average Bonchev–Trinajstić information content (AvgIpc) is 2.66. The number of hydrogen-bond donors (Lipinski definition) is 1. The minimum Gasteiger partial charge on any atom is -0.454 e. The molecular weight excluding hydrogens is 381 g/mol. The van der Waals surface area contributed by atoms with Crippen LogP contribution < -0.4 is 5.32 Å². The van der Waals surface area contributed by atoms with Gasteiger partial charge in [-0.1, -0.05) is 22.0 Å². The Bertz CT molecular complexity index is 496. The standard InChI is InChI=1S/C12H11BrINO/c1-8-2-3-9(13)6-11(8)15-7-10-4-5-12(14)16-10/h2-6,15H,7H2,1H3. The van der Waals surface area contributed by atoms with E-state index >= 15 is 0 Å². The van der Waals surface area contributed by atoms with E-state index in [1.165, 1.54) is 5.56 Å². The second kappa shape index (κ2) is 5.23. The molecule has 0 saturated carbocycles. The van der Waals surface area contributed by atoms with Gasteiger partial charge in [0.05, 0.1) is 6.54 Å². The Balaban J connectivity index is 2.07. The molecule has 0 spiro atoms. The lowest BCUT2D eigenvalue weighted by Gasteiger charge is -2.08. The van der Waals surface area contributed by atoms with Crippen molar-refractivity contribution in [2.75, 3.05) is 5.32 Å². The van der Waals surface area contributed by atoms with E-state index in [-0.39, 0.29) is 0 Å². The smallest absolute Gasteiger partial charge is 0.164 e. The summed E-state index contributed by atoms with van der Waals surface area (Å²) in [7, 11) is 0. The van der Waals surface area contributed by atoms with E-state index in [1.54, 1.807) is 0 Å². The number of benzene rings is 1. The summed E-state index contributed by atoms with van der Waals surface area (Å²) in [6.07, 6.45) is 0. The molecule has 1 aromatic carbocycles. The maximum Gasteiger partial charge on any atom is 0.164 e. The normalized spacial score (nSPS) is 10.4. The molecule has 2 rings (SSSR count). The quantitative estimate of drug-likeness (QED) is 0.775. The van der Waals surface area contributed by atoms with Crippen LogP contribution in [0.5, 0.6) is 0 Å². The molecule has 0 aliphatic carbocycles. The highest BCUT2D eigenvalue weighted by Crippen LogP contribution is 2.21. The van der Waals surface area contributed by atoms with Crippen LogP contribution in [0.2, 0.25) is 0 Å². The monoisotopic (exact) mass is 391 g/mol. The van der Waals surface area contributed by atoms with Gasteiger partial charge in [0, 0.05) is 10.2 Å². The molecule has 0 amide bonds. The van der Waals surface area contributed by atoms with Crippen molar-refractivity contribution in [2.45, 2.75) is 13.5 Å². The van der Waals surface area contributed by atoms with E-state index in [9.17, 15) is 0 Å². The van der Waals surface area contributed by atoms with Gasteiger partial charge in [0.2, 0.25) is 0 Å². The van der Waals surface area contributed by atoms with E-state index in [1.807, 2.05) is 18.2 Å². The van der Waals surface area contributed by atoms with Crippen LogP contribution in [0.1, 0.15) is 11.3 Å². The molecule has 0 atom stereocenters. The van der Waals surface area contributed by atoms with Gasteiger partial charge in [-0.05, 0) is 59.3 Å². The van der Waals surface area contributed by atoms with Crippen molar-refractivity contribution in [1.82, 2.24) is 0 Å². The molecule has 0 aliphatic rings. The van der Waals surface area contributed by atoms with Crippen LogP contribution in [0.25, 0.3) is 0 Å². The number of furan rings is 1. The second-order valence-corrected chi connectivity index (χ2v) is 5.50. The third kappa shape index (κ3) is 3.01. The number of aryl methyl sites for hydroxylation is 1. The summed E-state index contributed by atoms with van der Waals surface area (Å²) in [5, 5.41) is 3.36. The van der Waals surface area contributed by atoms with Crippen LogP contribution in [0.3, 0.4) is 0 Å². The highest BCUT2D eigenvalue weighted by Gasteiger charge is 2.02. The first kappa shape index (κ1) is 12.0. The molecule has 16 heavy (non-hydrogen) atoms. The number of halogens is 2. The minimum atomic E-state index is 0.709. The second-order valence-electron chi connectivity index (χ2n) is 3.52. The summed E-state index contributed by atoms with van der Waals surface area (Å²) in [5.74, 6) is 0.948. The Morgan fingerprint density at radius 1 is 1.31 bits per heavy atom. The zero-order valence-corrected chi connectivity index (χ0v) is 12.5. The molecule has 1 N–H and O–H groups in total. The molecule has 0 unspecified atom stereocenters. The number of nitrogens with one attached hydrogen (secondary N) is 1. The lowest BCUT2D eigenvalue weighted by molar-refractivity contribution is 0.493. The van der Waals surface area contributed by atoms with E-state index in [0.29, 0.717) is 6.54 Å². The zero-order chi connectivity index (χ0) is 11.5. The summed E-state index contributed by atoms with van der Waals surface area (Å²) >= 11 is 5.63. The van der Waals surface area contributed by atoms with Crippen molar-refractivity contribution < 1.29 is 4.42 Å². The van der Waals surface area contributed by atoms with Crippen LogP contribution in [-0.2, 0) is 6.54 Å². The summed E-state index contributed by atoms with van der Waals surface area (Å²) < 4.78 is 7.48. The number of anilines is 1. The topological polar surface area (TPSA) is 25.2 Å². The zero-order valence-electron chi connectivity index (χ0n) is 8.76. The first-order chi connectivity index (χ1) is 7.65. The van der Waals surface area contributed by atoms with Crippen molar-refractivity contribution >= 4 is 44.2 Å². The number of rotatable bonds is 3. The minimum absolute atomic E-state index is 0.709. The van der Waals surface area contributed by atoms with E-state index in [0.717, 1.165) is 19.7 Å². The Kier molecular flexibility index (Phi) is 3.91. The fourth-order valence-corrected chi connectivity index (χ4v) is 2.24. The third-order valence-electron chi connectivity index (χ3n) is 2.28. The van der Waals surface area contributed by atoms with Crippen molar-refractivity contribution in [1.29, 1.82) is 0 Å². The number of hydrogen-bond acceptors (Lipinski definition) is 2.